The second-order valence-electron chi connectivity index (χ2n) is 8.12. The molecule has 1 amide bonds. The number of nitrogens with zero attached hydrogens (tertiary/aromatic N) is 3. The van der Waals surface area contributed by atoms with Gasteiger partial charge in [-0.05, 0) is 35.8 Å². The van der Waals surface area contributed by atoms with Crippen LogP contribution in [0.1, 0.15) is 13.8 Å². The Morgan fingerprint density at radius 2 is 2.06 bits per heavy atom. The summed E-state index contributed by atoms with van der Waals surface area (Å²) in [7, 11) is 0. The average Bonchev–Trinajstić information content (AvgIpc) is 2.85. The average molecular weight is 465 g/mol. The summed E-state index contributed by atoms with van der Waals surface area (Å²) in [4.78, 5) is 22.7. The van der Waals surface area contributed by atoms with Gasteiger partial charge >= 0.3 is 0 Å². The molecule has 0 aromatic rings. The van der Waals surface area contributed by atoms with E-state index in [1.54, 1.807) is 17.2 Å². The van der Waals surface area contributed by atoms with E-state index in [0.717, 1.165) is 22.5 Å². The first-order chi connectivity index (χ1) is 16.4. The summed E-state index contributed by atoms with van der Waals surface area (Å²) < 4.78 is 5.27. The molecule has 0 spiro atoms. The normalized spacial score (nSPS) is 19.5. The molecule has 0 bridgehead atoms. The van der Waals surface area contributed by atoms with Gasteiger partial charge in [-0.15, -0.1) is 0 Å². The highest BCUT2D eigenvalue weighted by molar-refractivity contribution is 5.97. The SMILES string of the molecule is CC(C)C(C=N)=CC(N)=NC1=CC=C2NC=C(C(C=NCC(=O)N3CCOCC3)=CN)C=C2N1. The van der Waals surface area contributed by atoms with Crippen molar-refractivity contribution in [3.8, 4) is 0 Å². The van der Waals surface area contributed by atoms with Crippen LogP contribution >= 0.6 is 0 Å². The third-order valence-corrected chi connectivity index (χ3v) is 5.37. The van der Waals surface area contributed by atoms with Gasteiger partial charge in [0.25, 0.3) is 0 Å². The Morgan fingerprint density at radius 1 is 1.29 bits per heavy atom. The quantitative estimate of drug-likeness (QED) is 0.267. The van der Waals surface area contributed by atoms with Crippen molar-refractivity contribution in [3.05, 3.63) is 70.6 Å². The molecule has 0 atom stereocenters. The number of hydrogen-bond donors (Lipinski definition) is 5. The van der Waals surface area contributed by atoms with Gasteiger partial charge in [0.2, 0.25) is 5.91 Å². The van der Waals surface area contributed by atoms with E-state index in [-0.39, 0.29) is 18.4 Å². The lowest BCUT2D eigenvalue weighted by molar-refractivity contribution is -0.133. The van der Waals surface area contributed by atoms with Crippen molar-refractivity contribution in [1.82, 2.24) is 15.5 Å². The summed E-state index contributed by atoms with van der Waals surface area (Å²) in [6.07, 6.45) is 13.5. The Balaban J connectivity index is 1.66. The van der Waals surface area contributed by atoms with Gasteiger partial charge in [-0.3, -0.25) is 9.79 Å². The summed E-state index contributed by atoms with van der Waals surface area (Å²) >= 11 is 0. The Morgan fingerprint density at radius 3 is 2.74 bits per heavy atom. The molecular weight excluding hydrogens is 432 g/mol. The molecule has 0 aliphatic carbocycles. The summed E-state index contributed by atoms with van der Waals surface area (Å²) in [5, 5.41) is 14.0. The Kier molecular flexibility index (Phi) is 8.58. The van der Waals surface area contributed by atoms with Crippen LogP contribution in [0, 0.1) is 11.3 Å². The Bertz CT molecular complexity index is 1050. The molecule has 0 unspecified atom stereocenters. The second-order valence-corrected chi connectivity index (χ2v) is 8.12. The van der Waals surface area contributed by atoms with Crippen LogP contribution in [0.5, 0.6) is 0 Å². The standard InChI is InChI=1S/C24H32N8O2/c1-16(2)17(11-25)10-22(27)31-23-4-3-20-21(30-23)9-18(14-29-20)19(12-26)13-28-15-24(33)32-5-7-34-8-6-32/h3-4,9-14,16,25,29-30H,5-8,15,26H2,1-2H3,(H2,27,31). The zero-order valence-corrected chi connectivity index (χ0v) is 19.5. The van der Waals surface area contributed by atoms with E-state index >= 15 is 0 Å². The molecule has 1 saturated heterocycles. The molecule has 3 rings (SSSR count). The highest BCUT2D eigenvalue weighted by Crippen LogP contribution is 2.22. The number of amides is 1. The predicted molar refractivity (Wildman–Crippen MR) is 135 cm³/mol. The van der Waals surface area contributed by atoms with Gasteiger partial charge in [0.15, 0.2) is 0 Å². The predicted octanol–water partition coefficient (Wildman–Crippen LogP) is 1.05. The maximum Gasteiger partial charge on any atom is 0.244 e. The lowest BCUT2D eigenvalue weighted by Crippen LogP contribution is -2.41. The third-order valence-electron chi connectivity index (χ3n) is 5.37. The molecule has 3 aliphatic heterocycles. The first-order valence-electron chi connectivity index (χ1n) is 11.1. The highest BCUT2D eigenvalue weighted by Gasteiger charge is 2.18. The summed E-state index contributed by atoms with van der Waals surface area (Å²) in [6.45, 7) is 6.34. The van der Waals surface area contributed by atoms with E-state index in [0.29, 0.717) is 43.5 Å². The van der Waals surface area contributed by atoms with Gasteiger partial charge in [0, 0.05) is 49.1 Å². The van der Waals surface area contributed by atoms with Crippen LogP contribution in [0.2, 0.25) is 0 Å². The molecular formula is C24H32N8O2. The summed E-state index contributed by atoms with van der Waals surface area (Å²) in [6, 6.07) is 0. The van der Waals surface area contributed by atoms with Crippen LogP contribution in [-0.4, -0.2) is 61.9 Å². The fourth-order valence-electron chi connectivity index (χ4n) is 3.39. The number of dihydropyridines is 2. The number of nitrogens with one attached hydrogen (secondary N) is 3. The first-order valence-corrected chi connectivity index (χ1v) is 11.1. The number of amidine groups is 1. The molecule has 0 saturated carbocycles. The van der Waals surface area contributed by atoms with Crippen molar-refractivity contribution in [2.45, 2.75) is 13.8 Å². The molecule has 0 radical (unpaired) electrons. The zero-order chi connectivity index (χ0) is 24.5. The molecule has 3 aliphatic rings. The van der Waals surface area contributed by atoms with Crippen molar-refractivity contribution in [2.24, 2.45) is 27.4 Å². The molecule has 34 heavy (non-hydrogen) atoms. The summed E-state index contributed by atoms with van der Waals surface area (Å²) in [5.74, 6) is 1.02. The lowest BCUT2D eigenvalue weighted by atomic mass is 10.0. The van der Waals surface area contributed by atoms with Crippen molar-refractivity contribution in [3.63, 3.8) is 0 Å². The fraction of sp³-hybridized carbons (Fsp3) is 0.333. The molecule has 1 fully saturated rings. The number of morpholine rings is 1. The monoisotopic (exact) mass is 464 g/mol. The number of fused-ring (bicyclic) bond motifs is 1. The van der Waals surface area contributed by atoms with Crippen LogP contribution in [0.3, 0.4) is 0 Å². The van der Waals surface area contributed by atoms with Crippen LogP contribution in [0.15, 0.2) is 80.6 Å². The molecule has 0 aromatic carbocycles. The molecule has 10 heteroatoms. The number of allylic oxidation sites excluding steroid dienone is 6. The van der Waals surface area contributed by atoms with Gasteiger partial charge in [-0.2, -0.15) is 0 Å². The van der Waals surface area contributed by atoms with Crippen LogP contribution in [-0.2, 0) is 9.53 Å². The van der Waals surface area contributed by atoms with E-state index in [2.05, 4.69) is 20.6 Å². The highest BCUT2D eigenvalue weighted by atomic mass is 16.5. The smallest absolute Gasteiger partial charge is 0.244 e. The molecule has 10 nitrogen and oxygen atoms in total. The lowest BCUT2D eigenvalue weighted by Gasteiger charge is -2.26. The summed E-state index contributed by atoms with van der Waals surface area (Å²) in [5.41, 5.74) is 15.8. The van der Waals surface area contributed by atoms with E-state index in [4.69, 9.17) is 21.6 Å². The molecule has 180 valence electrons. The van der Waals surface area contributed by atoms with Gasteiger partial charge in [-0.25, -0.2) is 4.99 Å². The van der Waals surface area contributed by atoms with Gasteiger partial charge in [0.05, 0.1) is 24.6 Å². The van der Waals surface area contributed by atoms with E-state index in [9.17, 15) is 4.79 Å². The number of carbonyl (C=O) groups is 1. The zero-order valence-electron chi connectivity index (χ0n) is 19.5. The van der Waals surface area contributed by atoms with Crippen LogP contribution in [0.4, 0.5) is 0 Å². The largest absolute Gasteiger partial charge is 0.404 e. The minimum absolute atomic E-state index is 0.0351. The van der Waals surface area contributed by atoms with Crippen LogP contribution in [0.25, 0.3) is 0 Å². The van der Waals surface area contributed by atoms with E-state index in [1.165, 1.54) is 12.4 Å². The van der Waals surface area contributed by atoms with Crippen molar-refractivity contribution in [2.75, 3.05) is 32.8 Å². The van der Waals surface area contributed by atoms with Crippen molar-refractivity contribution in [1.29, 1.82) is 5.41 Å². The topological polar surface area (TPSA) is 154 Å². The first kappa shape index (κ1) is 24.7. The number of ether oxygens (including phenoxy) is 1. The van der Waals surface area contributed by atoms with Gasteiger partial charge in [0.1, 0.15) is 18.2 Å². The van der Waals surface area contributed by atoms with Crippen LogP contribution < -0.4 is 22.1 Å². The third kappa shape index (κ3) is 6.55. The maximum atomic E-state index is 12.3. The van der Waals surface area contributed by atoms with Crippen molar-refractivity contribution >= 4 is 24.2 Å². The molecule has 7 N–H and O–H groups in total. The number of aliphatic imine (C=N–C) groups is 2. The maximum absolute atomic E-state index is 12.3. The molecule has 3 heterocycles. The minimum Gasteiger partial charge on any atom is -0.404 e. The van der Waals surface area contributed by atoms with E-state index < -0.39 is 0 Å². The number of nitrogens with two attached hydrogens (primary N) is 2. The van der Waals surface area contributed by atoms with Crippen molar-refractivity contribution < 1.29 is 9.53 Å². The molecule has 0 aromatic heterocycles. The van der Waals surface area contributed by atoms with E-state index in [1.807, 2.05) is 38.3 Å². The number of carbonyl (C=O) groups excluding carboxylic acids is 1. The Hall–Kier alpha value is -3.92. The second kappa shape index (κ2) is 11.8. The minimum atomic E-state index is -0.0351. The Labute approximate surface area is 199 Å². The number of hydrogen-bond acceptors (Lipinski definition) is 8. The number of rotatable bonds is 8. The fourth-order valence-corrected chi connectivity index (χ4v) is 3.39. The van der Waals surface area contributed by atoms with Gasteiger partial charge in [-0.1, -0.05) is 13.8 Å². The van der Waals surface area contributed by atoms with Gasteiger partial charge < -0.3 is 37.1 Å².